The molecule has 0 atom stereocenters. The highest BCUT2D eigenvalue weighted by atomic mass is 16.5. The highest BCUT2D eigenvalue weighted by Crippen LogP contribution is 2.10. The molecule has 0 amide bonds. The number of ether oxygens (including phenoxy) is 1. The van der Waals surface area contributed by atoms with E-state index in [0.29, 0.717) is 12.3 Å². The van der Waals surface area contributed by atoms with Gasteiger partial charge >= 0.3 is 5.97 Å². The molecule has 0 fully saturated rings. The molecule has 19 heavy (non-hydrogen) atoms. The summed E-state index contributed by atoms with van der Waals surface area (Å²) in [6.07, 6.45) is 1.52. The summed E-state index contributed by atoms with van der Waals surface area (Å²) < 4.78 is 8.15. The second kappa shape index (κ2) is 4.87. The lowest BCUT2D eigenvalue weighted by molar-refractivity contribution is 0.0523. The zero-order valence-electron chi connectivity index (χ0n) is 11.6. The molecule has 2 rings (SSSR count). The number of rotatable bonds is 3. The van der Waals surface area contributed by atoms with Crippen molar-refractivity contribution in [1.82, 2.24) is 14.0 Å². The molecule has 2 heterocycles. The van der Waals surface area contributed by atoms with E-state index in [1.807, 2.05) is 20.8 Å². The Bertz CT molecular complexity index is 697. The van der Waals surface area contributed by atoms with E-state index in [9.17, 15) is 9.59 Å². The van der Waals surface area contributed by atoms with Gasteiger partial charge in [0.15, 0.2) is 0 Å². The molecular weight excluding hydrogens is 246 g/mol. The number of fused-ring (bicyclic) bond motifs is 1. The quantitative estimate of drug-likeness (QED) is 0.783. The number of hydrogen-bond donors (Lipinski definition) is 0. The van der Waals surface area contributed by atoms with Crippen molar-refractivity contribution in [2.24, 2.45) is 0 Å². The van der Waals surface area contributed by atoms with Gasteiger partial charge in [-0.25, -0.2) is 14.2 Å². The molecular formula is C13H17N3O3. The number of carbonyl (C=O) groups excluding carboxylic acids is 1. The van der Waals surface area contributed by atoms with Crippen LogP contribution < -0.4 is 5.56 Å². The predicted octanol–water partition coefficient (Wildman–Crippen LogP) is 1.31. The monoisotopic (exact) mass is 263 g/mol. The topological polar surface area (TPSA) is 65.6 Å². The second-order valence-electron chi connectivity index (χ2n) is 4.27. The summed E-state index contributed by atoms with van der Waals surface area (Å²) in [7, 11) is 0. The smallest absolute Gasteiger partial charge is 0.345 e. The van der Waals surface area contributed by atoms with E-state index >= 15 is 0 Å². The molecule has 0 radical (unpaired) electrons. The molecule has 0 aliphatic rings. The SMILES string of the molecule is CCOC(=O)c1cn(CC)c2nc(C)c(C)n2c1=O. The third-order valence-corrected chi connectivity index (χ3v) is 3.14. The molecule has 2 aromatic heterocycles. The van der Waals surface area contributed by atoms with Gasteiger partial charge in [0.1, 0.15) is 5.56 Å². The van der Waals surface area contributed by atoms with Crippen molar-refractivity contribution in [2.45, 2.75) is 34.2 Å². The Labute approximate surface area is 110 Å². The van der Waals surface area contributed by atoms with E-state index in [0.717, 1.165) is 11.4 Å². The van der Waals surface area contributed by atoms with Crippen LogP contribution in [0.2, 0.25) is 0 Å². The van der Waals surface area contributed by atoms with E-state index in [1.165, 1.54) is 10.6 Å². The summed E-state index contributed by atoms with van der Waals surface area (Å²) in [5, 5.41) is 0. The van der Waals surface area contributed by atoms with Crippen LogP contribution in [-0.2, 0) is 11.3 Å². The minimum atomic E-state index is -0.595. The van der Waals surface area contributed by atoms with Crippen molar-refractivity contribution in [3.8, 4) is 0 Å². The van der Waals surface area contributed by atoms with Crippen LogP contribution in [0.15, 0.2) is 11.0 Å². The third kappa shape index (κ3) is 2.03. The lowest BCUT2D eigenvalue weighted by Crippen LogP contribution is -2.27. The number of esters is 1. The summed E-state index contributed by atoms with van der Waals surface area (Å²) in [4.78, 5) is 28.5. The van der Waals surface area contributed by atoms with Crippen LogP contribution in [0, 0.1) is 13.8 Å². The molecule has 0 aliphatic heterocycles. The summed E-state index contributed by atoms with van der Waals surface area (Å²) in [5.41, 5.74) is 1.18. The molecule has 0 aromatic carbocycles. The summed E-state index contributed by atoms with van der Waals surface area (Å²) in [6, 6.07) is 0. The highest BCUT2D eigenvalue weighted by molar-refractivity contribution is 5.88. The Morgan fingerprint density at radius 3 is 2.63 bits per heavy atom. The normalized spacial score (nSPS) is 10.9. The second-order valence-corrected chi connectivity index (χ2v) is 4.27. The van der Waals surface area contributed by atoms with Crippen LogP contribution in [0.1, 0.15) is 35.6 Å². The first-order valence-electron chi connectivity index (χ1n) is 6.27. The van der Waals surface area contributed by atoms with Gasteiger partial charge in [0.25, 0.3) is 5.56 Å². The molecule has 0 saturated carbocycles. The summed E-state index contributed by atoms with van der Waals surface area (Å²) >= 11 is 0. The molecule has 0 unspecified atom stereocenters. The van der Waals surface area contributed by atoms with Crippen molar-refractivity contribution < 1.29 is 9.53 Å². The summed E-state index contributed by atoms with van der Waals surface area (Å²) in [5.74, 6) is -0.0436. The molecule has 0 bridgehead atoms. The van der Waals surface area contributed by atoms with E-state index in [2.05, 4.69) is 4.98 Å². The standard InChI is InChI=1S/C13H17N3O3/c1-5-15-7-10(12(18)19-6-2)11(17)16-9(4)8(3)14-13(15)16/h7H,5-6H2,1-4H3. The maximum Gasteiger partial charge on any atom is 0.345 e. The third-order valence-electron chi connectivity index (χ3n) is 3.14. The maximum absolute atomic E-state index is 12.4. The highest BCUT2D eigenvalue weighted by Gasteiger charge is 2.19. The van der Waals surface area contributed by atoms with E-state index in [4.69, 9.17) is 4.74 Å². The zero-order valence-corrected chi connectivity index (χ0v) is 11.6. The van der Waals surface area contributed by atoms with Gasteiger partial charge in [-0.2, -0.15) is 0 Å². The Kier molecular flexibility index (Phi) is 3.42. The summed E-state index contributed by atoms with van der Waals surface area (Å²) in [6.45, 7) is 8.15. The van der Waals surface area contributed by atoms with E-state index in [1.54, 1.807) is 11.5 Å². The van der Waals surface area contributed by atoms with Gasteiger partial charge in [-0.3, -0.25) is 4.79 Å². The van der Waals surface area contributed by atoms with Crippen LogP contribution >= 0.6 is 0 Å². The van der Waals surface area contributed by atoms with E-state index in [-0.39, 0.29) is 17.7 Å². The average Bonchev–Trinajstić information content (AvgIpc) is 2.67. The van der Waals surface area contributed by atoms with Crippen LogP contribution in [0.3, 0.4) is 0 Å². The fraction of sp³-hybridized carbons (Fsp3) is 0.462. The Morgan fingerprint density at radius 1 is 1.37 bits per heavy atom. The largest absolute Gasteiger partial charge is 0.462 e. The lowest BCUT2D eigenvalue weighted by atomic mass is 10.3. The number of carbonyl (C=O) groups is 1. The first-order valence-corrected chi connectivity index (χ1v) is 6.27. The number of imidazole rings is 1. The lowest BCUT2D eigenvalue weighted by Gasteiger charge is -2.08. The van der Waals surface area contributed by atoms with Crippen LogP contribution in [0.5, 0.6) is 0 Å². The molecule has 2 aromatic rings. The van der Waals surface area contributed by atoms with Crippen molar-refractivity contribution in [3.05, 3.63) is 33.5 Å². The number of hydrogen-bond acceptors (Lipinski definition) is 4. The van der Waals surface area contributed by atoms with Gasteiger partial charge in [0, 0.05) is 18.4 Å². The molecule has 102 valence electrons. The van der Waals surface area contributed by atoms with Crippen molar-refractivity contribution in [3.63, 3.8) is 0 Å². The van der Waals surface area contributed by atoms with E-state index < -0.39 is 5.97 Å². The predicted molar refractivity (Wildman–Crippen MR) is 70.6 cm³/mol. The molecule has 6 nitrogen and oxygen atoms in total. The first kappa shape index (κ1) is 13.3. The number of nitrogens with zero attached hydrogens (tertiary/aromatic N) is 3. The molecule has 0 spiro atoms. The minimum absolute atomic E-state index is 0.0386. The number of aromatic nitrogens is 3. The first-order chi connectivity index (χ1) is 9.01. The van der Waals surface area contributed by atoms with Crippen LogP contribution in [0.4, 0.5) is 0 Å². The Hall–Kier alpha value is -2.11. The van der Waals surface area contributed by atoms with Crippen molar-refractivity contribution >= 4 is 11.7 Å². The maximum atomic E-state index is 12.4. The van der Waals surface area contributed by atoms with Gasteiger partial charge in [-0.05, 0) is 27.7 Å². The van der Waals surface area contributed by atoms with Gasteiger partial charge in [-0.15, -0.1) is 0 Å². The van der Waals surface area contributed by atoms with Gasteiger partial charge in [0.05, 0.1) is 12.3 Å². The molecule has 0 saturated heterocycles. The van der Waals surface area contributed by atoms with Gasteiger partial charge in [-0.1, -0.05) is 0 Å². The van der Waals surface area contributed by atoms with Crippen LogP contribution in [-0.4, -0.2) is 26.5 Å². The average molecular weight is 263 g/mol. The molecule has 0 aliphatic carbocycles. The Balaban J connectivity index is 2.81. The van der Waals surface area contributed by atoms with Crippen molar-refractivity contribution in [1.29, 1.82) is 0 Å². The zero-order chi connectivity index (χ0) is 14.2. The van der Waals surface area contributed by atoms with Crippen LogP contribution in [0.25, 0.3) is 5.78 Å². The fourth-order valence-electron chi connectivity index (χ4n) is 2.00. The van der Waals surface area contributed by atoms with Gasteiger partial charge < -0.3 is 9.30 Å². The van der Waals surface area contributed by atoms with Gasteiger partial charge in [0.2, 0.25) is 5.78 Å². The molecule has 6 heteroatoms. The number of aryl methyl sites for hydroxylation is 3. The van der Waals surface area contributed by atoms with Crippen molar-refractivity contribution in [2.75, 3.05) is 6.61 Å². The molecule has 0 N–H and O–H groups in total. The Morgan fingerprint density at radius 2 is 2.05 bits per heavy atom. The minimum Gasteiger partial charge on any atom is -0.462 e. The fourth-order valence-corrected chi connectivity index (χ4v) is 2.00.